The van der Waals surface area contributed by atoms with Gasteiger partial charge in [0, 0.05) is 41.1 Å². The highest BCUT2D eigenvalue weighted by atomic mass is 16.2. The SMILES string of the molecule is O=C(Nc1cccc(C(=O)Nc2ccc(-n3ccnc3)cc2)c1)NC1CC1. The van der Waals surface area contributed by atoms with E-state index in [-0.39, 0.29) is 18.0 Å². The van der Waals surface area contributed by atoms with E-state index in [0.29, 0.717) is 16.9 Å². The van der Waals surface area contributed by atoms with Gasteiger partial charge in [0.05, 0.1) is 6.33 Å². The fourth-order valence-electron chi connectivity index (χ4n) is 2.65. The van der Waals surface area contributed by atoms with E-state index in [2.05, 4.69) is 20.9 Å². The van der Waals surface area contributed by atoms with Crippen molar-refractivity contribution in [1.82, 2.24) is 14.9 Å². The molecule has 4 rings (SSSR count). The number of carbonyl (C=O) groups is 2. The Labute approximate surface area is 156 Å². The van der Waals surface area contributed by atoms with Crippen LogP contribution in [0.4, 0.5) is 16.2 Å². The number of nitrogens with zero attached hydrogens (tertiary/aromatic N) is 2. The molecule has 3 N–H and O–H groups in total. The van der Waals surface area contributed by atoms with Crippen molar-refractivity contribution in [2.45, 2.75) is 18.9 Å². The third kappa shape index (κ3) is 4.33. The maximum atomic E-state index is 12.5. The lowest BCUT2D eigenvalue weighted by Crippen LogP contribution is -2.30. The monoisotopic (exact) mass is 361 g/mol. The van der Waals surface area contributed by atoms with Crippen LogP contribution in [0.2, 0.25) is 0 Å². The van der Waals surface area contributed by atoms with Crippen LogP contribution in [0.1, 0.15) is 23.2 Å². The van der Waals surface area contributed by atoms with E-state index in [4.69, 9.17) is 0 Å². The zero-order valence-electron chi connectivity index (χ0n) is 14.6. The van der Waals surface area contributed by atoms with Crippen LogP contribution in [0.15, 0.2) is 67.3 Å². The van der Waals surface area contributed by atoms with Crippen molar-refractivity contribution >= 4 is 23.3 Å². The van der Waals surface area contributed by atoms with E-state index in [1.54, 1.807) is 36.8 Å². The summed E-state index contributed by atoms with van der Waals surface area (Å²) in [6.45, 7) is 0. The molecule has 7 heteroatoms. The Hall–Kier alpha value is -3.61. The number of carbonyl (C=O) groups excluding carboxylic acids is 2. The topological polar surface area (TPSA) is 88.1 Å². The van der Waals surface area contributed by atoms with Gasteiger partial charge in [-0.05, 0) is 55.3 Å². The smallest absolute Gasteiger partial charge is 0.319 e. The van der Waals surface area contributed by atoms with Crippen LogP contribution in [0.3, 0.4) is 0 Å². The molecule has 0 aliphatic heterocycles. The quantitative estimate of drug-likeness (QED) is 0.651. The van der Waals surface area contributed by atoms with Gasteiger partial charge in [0.2, 0.25) is 0 Å². The lowest BCUT2D eigenvalue weighted by Gasteiger charge is -2.10. The Morgan fingerprint density at radius 2 is 1.81 bits per heavy atom. The maximum Gasteiger partial charge on any atom is 0.319 e. The summed E-state index contributed by atoms with van der Waals surface area (Å²) in [5.41, 5.74) is 2.70. The zero-order chi connectivity index (χ0) is 18.6. The van der Waals surface area contributed by atoms with Gasteiger partial charge in [0.1, 0.15) is 0 Å². The van der Waals surface area contributed by atoms with Gasteiger partial charge in [-0.2, -0.15) is 0 Å². The first kappa shape index (κ1) is 16.8. The standard InChI is InChI=1S/C20H19N5O2/c26-19(22-15-6-8-18(9-7-15)25-11-10-21-13-25)14-2-1-3-17(12-14)24-20(27)23-16-4-5-16/h1-3,6-13,16H,4-5H2,(H,22,26)(H2,23,24,27). The Bertz CT molecular complexity index is 947. The van der Waals surface area contributed by atoms with Gasteiger partial charge < -0.3 is 20.5 Å². The van der Waals surface area contributed by atoms with Crippen LogP contribution in [-0.2, 0) is 0 Å². The Morgan fingerprint density at radius 1 is 1.00 bits per heavy atom. The molecule has 3 aromatic rings. The van der Waals surface area contributed by atoms with Gasteiger partial charge in [-0.25, -0.2) is 9.78 Å². The van der Waals surface area contributed by atoms with Crippen LogP contribution in [0.25, 0.3) is 5.69 Å². The third-order valence-corrected chi connectivity index (χ3v) is 4.22. The third-order valence-electron chi connectivity index (χ3n) is 4.22. The number of amides is 3. The van der Waals surface area contributed by atoms with E-state index in [1.165, 1.54) is 0 Å². The molecule has 1 aliphatic rings. The summed E-state index contributed by atoms with van der Waals surface area (Å²) in [6.07, 6.45) is 7.32. The van der Waals surface area contributed by atoms with Crippen molar-refractivity contribution in [1.29, 1.82) is 0 Å². The molecule has 1 saturated carbocycles. The highest BCUT2D eigenvalue weighted by molar-refractivity contribution is 6.05. The van der Waals surface area contributed by atoms with Crippen LogP contribution >= 0.6 is 0 Å². The first-order chi connectivity index (χ1) is 13.2. The lowest BCUT2D eigenvalue weighted by molar-refractivity contribution is 0.102. The Morgan fingerprint density at radius 3 is 2.52 bits per heavy atom. The molecule has 2 aromatic carbocycles. The predicted octanol–water partition coefficient (Wildman–Crippen LogP) is 3.41. The molecule has 1 heterocycles. The largest absolute Gasteiger partial charge is 0.335 e. The van der Waals surface area contributed by atoms with Crippen molar-refractivity contribution in [2.75, 3.05) is 10.6 Å². The molecule has 1 fully saturated rings. The number of urea groups is 1. The van der Waals surface area contributed by atoms with Crippen LogP contribution in [0.5, 0.6) is 0 Å². The number of benzene rings is 2. The fourth-order valence-corrected chi connectivity index (χ4v) is 2.65. The van der Waals surface area contributed by atoms with E-state index in [1.807, 2.05) is 35.0 Å². The summed E-state index contributed by atoms with van der Waals surface area (Å²) < 4.78 is 1.88. The van der Waals surface area contributed by atoms with Gasteiger partial charge in [0.25, 0.3) is 5.91 Å². The van der Waals surface area contributed by atoms with Crippen molar-refractivity contribution in [2.24, 2.45) is 0 Å². The summed E-state index contributed by atoms with van der Waals surface area (Å²) in [5.74, 6) is -0.239. The van der Waals surface area contributed by atoms with E-state index in [9.17, 15) is 9.59 Å². The second-order valence-corrected chi connectivity index (χ2v) is 6.42. The average Bonchev–Trinajstić information content (AvgIpc) is 3.31. The highest BCUT2D eigenvalue weighted by Gasteiger charge is 2.23. The van der Waals surface area contributed by atoms with Gasteiger partial charge in [-0.15, -0.1) is 0 Å². The second kappa shape index (κ2) is 7.33. The number of imidazole rings is 1. The molecule has 0 bridgehead atoms. The molecule has 0 unspecified atom stereocenters. The fraction of sp³-hybridized carbons (Fsp3) is 0.150. The van der Waals surface area contributed by atoms with Gasteiger partial charge in [-0.3, -0.25) is 4.79 Å². The minimum absolute atomic E-state index is 0.239. The molecule has 0 spiro atoms. The number of hydrogen-bond donors (Lipinski definition) is 3. The first-order valence-corrected chi connectivity index (χ1v) is 8.75. The first-order valence-electron chi connectivity index (χ1n) is 8.75. The van der Waals surface area contributed by atoms with Crippen LogP contribution in [-0.4, -0.2) is 27.5 Å². The van der Waals surface area contributed by atoms with E-state index < -0.39 is 0 Å². The molecule has 136 valence electrons. The molecular formula is C20H19N5O2. The predicted molar refractivity (Wildman–Crippen MR) is 103 cm³/mol. The molecule has 0 radical (unpaired) electrons. The minimum atomic E-state index is -0.245. The van der Waals surface area contributed by atoms with E-state index >= 15 is 0 Å². The normalized spacial score (nSPS) is 13.0. The van der Waals surface area contributed by atoms with Crippen molar-refractivity contribution in [3.63, 3.8) is 0 Å². The molecule has 1 aromatic heterocycles. The van der Waals surface area contributed by atoms with Crippen molar-refractivity contribution in [3.8, 4) is 5.69 Å². The maximum absolute atomic E-state index is 12.5. The number of hydrogen-bond acceptors (Lipinski definition) is 3. The highest BCUT2D eigenvalue weighted by Crippen LogP contribution is 2.19. The number of nitrogens with one attached hydrogen (secondary N) is 3. The van der Waals surface area contributed by atoms with Gasteiger partial charge in [0.15, 0.2) is 0 Å². The second-order valence-electron chi connectivity index (χ2n) is 6.42. The number of anilines is 2. The minimum Gasteiger partial charge on any atom is -0.335 e. The van der Waals surface area contributed by atoms with Crippen LogP contribution in [0, 0.1) is 0 Å². The number of rotatable bonds is 5. The Balaban J connectivity index is 1.40. The average molecular weight is 361 g/mol. The van der Waals surface area contributed by atoms with Crippen LogP contribution < -0.4 is 16.0 Å². The van der Waals surface area contributed by atoms with Crippen molar-refractivity contribution < 1.29 is 9.59 Å². The molecular weight excluding hydrogens is 342 g/mol. The molecule has 3 amide bonds. The molecule has 1 aliphatic carbocycles. The molecule has 27 heavy (non-hydrogen) atoms. The summed E-state index contributed by atoms with van der Waals surface area (Å²) in [7, 11) is 0. The summed E-state index contributed by atoms with van der Waals surface area (Å²) in [4.78, 5) is 28.3. The van der Waals surface area contributed by atoms with Gasteiger partial charge in [-0.1, -0.05) is 6.07 Å². The summed E-state index contributed by atoms with van der Waals surface area (Å²) in [6, 6.07) is 14.4. The van der Waals surface area contributed by atoms with Gasteiger partial charge >= 0.3 is 6.03 Å². The summed E-state index contributed by atoms with van der Waals surface area (Å²) >= 11 is 0. The molecule has 7 nitrogen and oxygen atoms in total. The zero-order valence-corrected chi connectivity index (χ0v) is 14.6. The van der Waals surface area contributed by atoms with E-state index in [0.717, 1.165) is 18.5 Å². The Kier molecular flexibility index (Phi) is 4.57. The lowest BCUT2D eigenvalue weighted by atomic mass is 10.2. The number of aromatic nitrogens is 2. The molecule has 0 atom stereocenters. The van der Waals surface area contributed by atoms with Crippen molar-refractivity contribution in [3.05, 3.63) is 72.8 Å². The summed E-state index contributed by atoms with van der Waals surface area (Å²) in [5, 5.41) is 8.47. The molecule has 0 saturated heterocycles.